The van der Waals surface area contributed by atoms with Gasteiger partial charge in [0, 0.05) is 12.8 Å². The molecule has 0 saturated carbocycles. The molecular weight excluding hydrogens is 788 g/mol. The first kappa shape index (κ1) is 47.3. The maximum Gasteiger partial charge on any atom is 0.294 e. The molecule has 0 amide bonds. The van der Waals surface area contributed by atoms with Crippen LogP contribution in [0.2, 0.25) is 0 Å². The van der Waals surface area contributed by atoms with E-state index in [1.54, 1.807) is 36.4 Å². The highest BCUT2D eigenvalue weighted by Gasteiger charge is 2.45. The Hall–Kier alpha value is -3.06. The molecule has 0 atom stereocenters. The van der Waals surface area contributed by atoms with Crippen molar-refractivity contribution in [3.63, 3.8) is 0 Å². The van der Waals surface area contributed by atoms with E-state index in [0.29, 0.717) is 22.1 Å². The molecule has 3 rings (SSSR count). The summed E-state index contributed by atoms with van der Waals surface area (Å²) in [5.41, 5.74) is 0. The average molecular weight is 846 g/mol. The summed E-state index contributed by atoms with van der Waals surface area (Å²) in [5, 5.41) is 2.15. The third-order valence-electron chi connectivity index (χ3n) is 9.92. The predicted octanol–water partition coefficient (Wildman–Crippen LogP) is 9.16. The Labute approximate surface area is 337 Å². The van der Waals surface area contributed by atoms with E-state index in [2.05, 4.69) is 30.6 Å². The van der Waals surface area contributed by atoms with Crippen molar-refractivity contribution in [2.45, 2.75) is 144 Å². The van der Waals surface area contributed by atoms with Crippen LogP contribution in [0.4, 0.5) is 0 Å². The summed E-state index contributed by atoms with van der Waals surface area (Å²) in [4.78, 5) is -0.871. The molecule has 0 aromatic heterocycles. The second-order valence-corrected chi connectivity index (χ2v) is 22.1. The van der Waals surface area contributed by atoms with Crippen molar-refractivity contribution in [3.05, 3.63) is 72.8 Å². The molecule has 0 aliphatic heterocycles. The maximum absolute atomic E-state index is 11.9. The normalized spacial score (nSPS) is 12.1. The predicted molar refractivity (Wildman–Crippen MR) is 228 cm³/mol. The average Bonchev–Trinajstić information content (AvgIpc) is 3.16. The van der Waals surface area contributed by atoms with E-state index in [4.69, 9.17) is 0 Å². The molecule has 0 aliphatic rings. The van der Waals surface area contributed by atoms with Crippen molar-refractivity contribution in [1.29, 1.82) is 0 Å². The third kappa shape index (κ3) is 16.1. The van der Waals surface area contributed by atoms with Crippen LogP contribution in [0.5, 0.6) is 0 Å². The van der Waals surface area contributed by atoms with Gasteiger partial charge in [-0.05, 0) is 110 Å². The lowest BCUT2D eigenvalue weighted by molar-refractivity contribution is 0.481. The Morgan fingerprint density at radius 3 is 0.964 bits per heavy atom. The summed E-state index contributed by atoms with van der Waals surface area (Å²) >= 11 is 0. The van der Waals surface area contributed by atoms with Gasteiger partial charge in [0.2, 0.25) is 0 Å². The molecule has 0 aliphatic carbocycles. The highest BCUT2D eigenvalue weighted by Crippen LogP contribution is 2.56. The van der Waals surface area contributed by atoms with E-state index in [1.165, 1.54) is 94.2 Å². The molecule has 0 saturated heterocycles. The first-order valence-electron chi connectivity index (χ1n) is 19.8. The van der Waals surface area contributed by atoms with Gasteiger partial charge in [-0.15, -0.1) is 0 Å². The number of hydrogen-bond donors (Lipinski definition) is 3. The number of benzene rings is 3. The molecule has 0 unspecified atom stereocenters. The lowest BCUT2D eigenvalue weighted by atomic mass is 10.1. The molecule has 3 aromatic rings. The smallest absolute Gasteiger partial charge is 0.282 e. The number of hydrogen-bond acceptors (Lipinski definition) is 6. The Morgan fingerprint density at radius 2 is 0.679 bits per heavy atom. The van der Waals surface area contributed by atoms with Gasteiger partial charge in [0.05, 0.1) is 20.8 Å². The fourth-order valence-corrected chi connectivity index (χ4v) is 12.6. The summed E-state index contributed by atoms with van der Waals surface area (Å²) in [6.07, 6.45) is 22.2. The van der Waals surface area contributed by atoms with Gasteiger partial charge in [0.15, 0.2) is 0 Å². The molecule has 0 fully saturated rings. The van der Waals surface area contributed by atoms with Crippen LogP contribution in [0.3, 0.4) is 0 Å². The van der Waals surface area contributed by atoms with Crippen LogP contribution in [-0.4, -0.2) is 45.1 Å². The summed E-state index contributed by atoms with van der Waals surface area (Å²) < 4.78 is 100. The van der Waals surface area contributed by atoms with E-state index in [1.807, 2.05) is 0 Å². The quantitative estimate of drug-likeness (QED) is 0.0327. The van der Waals surface area contributed by atoms with Crippen molar-refractivity contribution in [2.24, 2.45) is 0 Å². The monoisotopic (exact) mass is 845 g/mol. The molecule has 0 spiro atoms. The van der Waals surface area contributed by atoms with E-state index >= 15 is 0 Å². The minimum Gasteiger partial charge on any atom is -0.282 e. The molecule has 3 aromatic carbocycles. The Balaban J connectivity index is 1.58. The largest absolute Gasteiger partial charge is 0.294 e. The molecule has 306 valence electrons. The van der Waals surface area contributed by atoms with Gasteiger partial charge >= 0.3 is 0 Å². The van der Waals surface area contributed by atoms with Crippen molar-refractivity contribution >= 4 is 53.5 Å². The van der Waals surface area contributed by atoms with Crippen molar-refractivity contribution in [1.82, 2.24) is 0 Å². The van der Waals surface area contributed by atoms with E-state index < -0.39 is 37.6 Å². The van der Waals surface area contributed by atoms with Crippen molar-refractivity contribution < 1.29 is 38.9 Å². The van der Waals surface area contributed by atoms with Gasteiger partial charge in [-0.3, -0.25) is 13.7 Å². The van der Waals surface area contributed by atoms with Crippen LogP contribution in [-0.2, 0) is 30.4 Å². The van der Waals surface area contributed by atoms with Crippen LogP contribution in [0.25, 0.3) is 0 Å². The first-order valence-corrected chi connectivity index (χ1v) is 26.1. The highest BCUT2D eigenvalue weighted by molar-refractivity contribution is 7.95. The van der Waals surface area contributed by atoms with Crippen molar-refractivity contribution in [2.75, 3.05) is 6.16 Å². The molecule has 0 heterocycles. The van der Waals surface area contributed by atoms with E-state index in [0.717, 1.165) is 64.2 Å². The summed E-state index contributed by atoms with van der Waals surface area (Å²) in [6, 6.07) is 17.5. The summed E-state index contributed by atoms with van der Waals surface area (Å²) in [7, 11) is -16.2. The molecule has 0 bridgehead atoms. The van der Waals surface area contributed by atoms with E-state index in [-0.39, 0.29) is 14.7 Å². The lowest BCUT2D eigenvalue weighted by Gasteiger charge is -2.28. The second-order valence-electron chi connectivity index (χ2n) is 14.2. The first-order chi connectivity index (χ1) is 26.7. The Bertz CT molecular complexity index is 1910. The van der Waals surface area contributed by atoms with E-state index in [9.17, 15) is 38.9 Å². The molecule has 9 nitrogen and oxygen atoms in total. The summed E-state index contributed by atoms with van der Waals surface area (Å²) in [6.45, 7) is 2.25. The Morgan fingerprint density at radius 1 is 0.411 bits per heavy atom. The minimum absolute atomic E-state index is 0.290. The molecular formula is C43H58O9PS3+. The topological polar surface area (TPSA) is 163 Å². The van der Waals surface area contributed by atoms with Crippen LogP contribution >= 0.6 is 7.26 Å². The fraction of sp³-hybridized carbons (Fsp3) is 0.488. The zero-order valence-electron chi connectivity index (χ0n) is 32.5. The molecule has 56 heavy (non-hydrogen) atoms. The third-order valence-corrected chi connectivity index (χ3v) is 17.0. The Kier molecular flexibility index (Phi) is 20.3. The molecule has 3 N–H and O–H groups in total. The van der Waals surface area contributed by atoms with Crippen LogP contribution < -0.4 is 15.9 Å². The van der Waals surface area contributed by atoms with Crippen LogP contribution in [0, 0.1) is 23.7 Å². The molecule has 0 radical (unpaired) electrons. The van der Waals surface area contributed by atoms with Crippen LogP contribution in [0.15, 0.2) is 87.5 Å². The van der Waals surface area contributed by atoms with Gasteiger partial charge < -0.3 is 0 Å². The van der Waals surface area contributed by atoms with Crippen LogP contribution in [0.1, 0.15) is 129 Å². The SMILES string of the molecule is CCCCCCCCCCCCC#CC#CCCCCCCCCC[P+](c1ccc(S(=O)(=O)O)cc1)(c1ccc(S(=O)(=O)O)cc1)c1ccc(S(=O)(=O)O)cc1. The second kappa shape index (κ2) is 24.0. The van der Waals surface area contributed by atoms with Gasteiger partial charge in [0.25, 0.3) is 30.4 Å². The zero-order chi connectivity index (χ0) is 40.9. The van der Waals surface area contributed by atoms with Gasteiger partial charge in [-0.2, -0.15) is 25.3 Å². The highest BCUT2D eigenvalue weighted by atomic mass is 32.2. The number of unbranched alkanes of at least 4 members (excludes halogenated alkanes) is 17. The van der Waals surface area contributed by atoms with Crippen molar-refractivity contribution in [3.8, 4) is 23.7 Å². The lowest BCUT2D eigenvalue weighted by Crippen LogP contribution is -2.34. The number of rotatable bonds is 25. The fourth-order valence-electron chi connectivity index (χ4n) is 6.81. The molecule has 13 heteroatoms. The zero-order valence-corrected chi connectivity index (χ0v) is 35.9. The maximum atomic E-state index is 11.9. The van der Waals surface area contributed by atoms with Gasteiger partial charge in [-0.25, -0.2) is 0 Å². The standard InChI is InChI=1S/C43H57O9PS3/c1-2-3-4-5-6-7-8-9-10-11-12-13-14-15-16-17-18-19-20-21-22-23-24-37-53(38-25-31-41(32-26-38)54(44,45)46,39-27-33-42(34-28-39)55(47,48)49)40-29-35-43(36-30-40)56(50,51)52/h25-36H,2-12,17-24,37H2,1H3,(H2-,44,45,46,47,48,49,50,51,52)/p+1. The van der Waals surface area contributed by atoms with Gasteiger partial charge in [0.1, 0.15) is 23.2 Å². The minimum atomic E-state index is -4.48. The van der Waals surface area contributed by atoms with Gasteiger partial charge in [-0.1, -0.05) is 102 Å². The summed E-state index contributed by atoms with van der Waals surface area (Å²) in [5.74, 6) is 12.3.